The van der Waals surface area contributed by atoms with Crippen LogP contribution in [0.15, 0.2) is 42.5 Å². The summed E-state index contributed by atoms with van der Waals surface area (Å²) in [6.07, 6.45) is 0. The van der Waals surface area contributed by atoms with Gasteiger partial charge in [-0.05, 0) is 68.1 Å². The Kier molecular flexibility index (Phi) is 4.54. The van der Waals surface area contributed by atoms with Crippen LogP contribution >= 0.6 is 0 Å². The predicted octanol–water partition coefficient (Wildman–Crippen LogP) is 4.49. The lowest BCUT2D eigenvalue weighted by molar-refractivity contribution is 0.0241. The fourth-order valence-corrected chi connectivity index (χ4v) is 4.74. The van der Waals surface area contributed by atoms with Crippen LogP contribution in [0.4, 0.5) is 0 Å². The molecule has 1 aliphatic heterocycles. The minimum atomic E-state index is -1.53. The van der Waals surface area contributed by atoms with E-state index < -0.39 is 17.5 Å². The summed E-state index contributed by atoms with van der Waals surface area (Å²) >= 11 is 0. The van der Waals surface area contributed by atoms with Crippen LogP contribution in [0.3, 0.4) is 0 Å². The molecule has 6 nitrogen and oxygen atoms in total. The van der Waals surface area contributed by atoms with Gasteiger partial charge in [0.2, 0.25) is 0 Å². The van der Waals surface area contributed by atoms with E-state index in [2.05, 4.69) is 0 Å². The van der Waals surface area contributed by atoms with E-state index in [0.29, 0.717) is 27.8 Å². The van der Waals surface area contributed by atoms with E-state index in [4.69, 9.17) is 4.74 Å². The average Bonchev–Trinajstić information content (AvgIpc) is 3.01. The van der Waals surface area contributed by atoms with E-state index >= 15 is 0 Å². The van der Waals surface area contributed by atoms with Gasteiger partial charge >= 0.3 is 11.9 Å². The lowest BCUT2D eigenvalue weighted by Gasteiger charge is -2.35. The number of aromatic hydroxyl groups is 2. The Morgan fingerprint density at radius 1 is 0.839 bits per heavy atom. The molecule has 0 radical (unpaired) electrons. The number of fused-ring (bicyclic) bond motifs is 1. The van der Waals surface area contributed by atoms with Crippen LogP contribution in [0.5, 0.6) is 11.5 Å². The van der Waals surface area contributed by atoms with Crippen LogP contribution in [0.1, 0.15) is 59.7 Å². The maximum atomic E-state index is 13.2. The maximum Gasteiger partial charge on any atom is 0.341 e. The summed E-state index contributed by atoms with van der Waals surface area (Å²) in [5.41, 5.74) is 2.24. The standard InChI is InChI=1S/C25H22O6/c1-12-8-10-18(26)14(3)21(12)25(22-13(2)9-11-19(27)15(22)4)17-7-5-6-16(23(28)29)20(17)24(30)31-25/h5-11,26-27H,1-4H3,(H,28,29). The van der Waals surface area contributed by atoms with E-state index in [-0.39, 0.29) is 22.6 Å². The first-order valence-corrected chi connectivity index (χ1v) is 9.80. The summed E-state index contributed by atoms with van der Waals surface area (Å²) in [4.78, 5) is 25.0. The zero-order valence-corrected chi connectivity index (χ0v) is 17.6. The lowest BCUT2D eigenvalue weighted by Crippen LogP contribution is -2.33. The zero-order chi connectivity index (χ0) is 22.7. The highest BCUT2D eigenvalue weighted by atomic mass is 16.6. The smallest absolute Gasteiger partial charge is 0.341 e. The third-order valence-electron chi connectivity index (χ3n) is 6.12. The third-order valence-corrected chi connectivity index (χ3v) is 6.12. The molecule has 0 aromatic heterocycles. The van der Waals surface area contributed by atoms with Gasteiger partial charge in [0.1, 0.15) is 11.5 Å². The molecule has 0 spiro atoms. The number of carboxylic acids is 1. The van der Waals surface area contributed by atoms with E-state index in [1.807, 2.05) is 13.8 Å². The fourth-order valence-electron chi connectivity index (χ4n) is 4.74. The Balaban J connectivity index is 2.26. The van der Waals surface area contributed by atoms with Crippen LogP contribution < -0.4 is 0 Å². The molecule has 0 amide bonds. The van der Waals surface area contributed by atoms with Crippen molar-refractivity contribution in [2.75, 3.05) is 0 Å². The van der Waals surface area contributed by atoms with Crippen molar-refractivity contribution < 1.29 is 29.6 Å². The summed E-state index contributed by atoms with van der Waals surface area (Å²) in [6, 6.07) is 11.2. The van der Waals surface area contributed by atoms with Gasteiger partial charge in [0.05, 0.1) is 11.1 Å². The number of aryl methyl sites for hydroxylation is 2. The van der Waals surface area contributed by atoms with Crippen molar-refractivity contribution in [3.8, 4) is 11.5 Å². The average molecular weight is 418 g/mol. The highest BCUT2D eigenvalue weighted by Gasteiger charge is 2.53. The fraction of sp³-hybridized carbons (Fsp3) is 0.200. The predicted molar refractivity (Wildman–Crippen MR) is 114 cm³/mol. The highest BCUT2D eigenvalue weighted by molar-refractivity contribution is 6.06. The molecule has 3 N–H and O–H groups in total. The Bertz CT molecular complexity index is 1210. The van der Waals surface area contributed by atoms with Gasteiger partial charge in [-0.25, -0.2) is 9.59 Å². The van der Waals surface area contributed by atoms with Gasteiger partial charge in [-0.15, -0.1) is 0 Å². The van der Waals surface area contributed by atoms with Crippen LogP contribution in [0.2, 0.25) is 0 Å². The van der Waals surface area contributed by atoms with Crippen molar-refractivity contribution >= 4 is 11.9 Å². The minimum Gasteiger partial charge on any atom is -0.508 e. The SMILES string of the molecule is Cc1ccc(O)c(C)c1C1(c2c(C)ccc(O)c2C)OC(=O)c2c(C(=O)O)cccc21. The van der Waals surface area contributed by atoms with Gasteiger partial charge in [-0.1, -0.05) is 24.3 Å². The summed E-state index contributed by atoms with van der Waals surface area (Å²) < 4.78 is 6.09. The van der Waals surface area contributed by atoms with Crippen molar-refractivity contribution in [2.45, 2.75) is 33.3 Å². The summed E-state index contributed by atoms with van der Waals surface area (Å²) in [7, 11) is 0. The Hall–Kier alpha value is -3.80. The number of benzene rings is 3. The summed E-state index contributed by atoms with van der Waals surface area (Å²) in [5.74, 6) is -1.96. The van der Waals surface area contributed by atoms with Crippen LogP contribution in [-0.2, 0) is 10.3 Å². The number of carbonyl (C=O) groups excluding carboxylic acids is 1. The number of cyclic esters (lactones) is 1. The second-order valence-corrected chi connectivity index (χ2v) is 7.91. The zero-order valence-electron chi connectivity index (χ0n) is 17.6. The third kappa shape index (κ3) is 2.71. The number of phenolic OH excluding ortho intramolecular Hbond substituents is 2. The number of aromatic carboxylic acids is 1. The van der Waals surface area contributed by atoms with Gasteiger partial charge in [-0.3, -0.25) is 0 Å². The molecule has 31 heavy (non-hydrogen) atoms. The monoisotopic (exact) mass is 418 g/mol. The van der Waals surface area contributed by atoms with Gasteiger partial charge in [0.15, 0.2) is 5.60 Å². The number of esters is 1. The number of rotatable bonds is 3. The molecule has 0 fully saturated rings. The molecule has 158 valence electrons. The topological polar surface area (TPSA) is 104 Å². The number of carboxylic acid groups (broad SMARTS) is 1. The molecule has 0 unspecified atom stereocenters. The normalized spacial score (nSPS) is 14.3. The van der Waals surface area contributed by atoms with Crippen molar-refractivity contribution in [1.82, 2.24) is 0 Å². The van der Waals surface area contributed by atoms with Gasteiger partial charge in [-0.2, -0.15) is 0 Å². The molecule has 1 heterocycles. The van der Waals surface area contributed by atoms with Gasteiger partial charge in [0.25, 0.3) is 0 Å². The van der Waals surface area contributed by atoms with Crippen molar-refractivity contribution in [2.24, 2.45) is 0 Å². The Morgan fingerprint density at radius 3 is 1.84 bits per heavy atom. The number of hydrogen-bond acceptors (Lipinski definition) is 5. The molecular weight excluding hydrogens is 396 g/mol. The molecule has 0 aliphatic carbocycles. The van der Waals surface area contributed by atoms with Gasteiger partial charge < -0.3 is 20.1 Å². The number of phenols is 2. The molecule has 1 aliphatic rings. The molecule has 6 heteroatoms. The molecule has 0 saturated heterocycles. The van der Waals surface area contributed by atoms with Crippen molar-refractivity contribution in [3.63, 3.8) is 0 Å². The molecule has 0 bridgehead atoms. The van der Waals surface area contributed by atoms with E-state index in [1.165, 1.54) is 6.07 Å². The Morgan fingerprint density at radius 2 is 1.35 bits per heavy atom. The van der Waals surface area contributed by atoms with Crippen LogP contribution in [0.25, 0.3) is 0 Å². The molecule has 3 aromatic rings. The molecule has 3 aromatic carbocycles. The summed E-state index contributed by atoms with van der Waals surface area (Å²) in [5, 5.41) is 30.7. The number of hydrogen-bond donors (Lipinski definition) is 3. The maximum absolute atomic E-state index is 13.2. The van der Waals surface area contributed by atoms with Crippen molar-refractivity contribution in [3.05, 3.63) is 92.5 Å². The molecule has 0 saturated carbocycles. The largest absolute Gasteiger partial charge is 0.508 e. The first-order chi connectivity index (χ1) is 14.6. The second kappa shape index (κ2) is 6.87. The van der Waals surface area contributed by atoms with E-state index in [0.717, 1.165) is 11.1 Å². The van der Waals surface area contributed by atoms with E-state index in [9.17, 15) is 24.9 Å². The number of ether oxygens (including phenoxy) is 1. The quantitative estimate of drug-likeness (QED) is 0.542. The highest BCUT2D eigenvalue weighted by Crippen LogP contribution is 2.53. The second-order valence-electron chi connectivity index (χ2n) is 7.91. The number of carbonyl (C=O) groups is 2. The van der Waals surface area contributed by atoms with E-state index in [1.54, 1.807) is 50.2 Å². The molecule has 4 rings (SSSR count). The summed E-state index contributed by atoms with van der Waals surface area (Å²) in [6.45, 7) is 7.12. The van der Waals surface area contributed by atoms with Gasteiger partial charge in [0, 0.05) is 16.7 Å². The molecule has 0 atom stereocenters. The first kappa shape index (κ1) is 20.5. The van der Waals surface area contributed by atoms with Crippen LogP contribution in [0, 0.1) is 27.7 Å². The van der Waals surface area contributed by atoms with Crippen LogP contribution in [-0.4, -0.2) is 27.3 Å². The molecular formula is C25H22O6. The van der Waals surface area contributed by atoms with Crippen molar-refractivity contribution in [1.29, 1.82) is 0 Å². The Labute approximate surface area is 179 Å². The first-order valence-electron chi connectivity index (χ1n) is 9.80. The lowest BCUT2D eigenvalue weighted by atomic mass is 9.73. The minimum absolute atomic E-state index is 0.0225.